The minimum absolute atomic E-state index is 0.165. The largest absolute Gasteiger partial charge is 0.371 e. The van der Waals surface area contributed by atoms with Crippen molar-refractivity contribution in [2.45, 2.75) is 12.8 Å². The van der Waals surface area contributed by atoms with E-state index in [9.17, 15) is 9.59 Å². The molecule has 1 saturated heterocycles. The second-order valence-electron chi connectivity index (χ2n) is 8.36. The molecule has 0 aliphatic carbocycles. The third kappa shape index (κ3) is 4.11. The van der Waals surface area contributed by atoms with Crippen molar-refractivity contribution >= 4 is 29.6 Å². The van der Waals surface area contributed by atoms with Crippen molar-refractivity contribution in [1.29, 1.82) is 0 Å². The van der Waals surface area contributed by atoms with Crippen LogP contribution in [0.4, 0.5) is 5.69 Å². The molecule has 5 rings (SSSR count). The van der Waals surface area contributed by atoms with Crippen LogP contribution in [0.25, 0.3) is 11.3 Å². The quantitative estimate of drug-likeness (QED) is 0.253. The van der Waals surface area contributed by atoms with Crippen molar-refractivity contribution in [2.75, 3.05) is 18.0 Å². The van der Waals surface area contributed by atoms with Crippen LogP contribution >= 0.6 is 12.2 Å². The molecule has 1 aliphatic rings. The highest BCUT2D eigenvalue weighted by atomic mass is 32.1. The Morgan fingerprint density at radius 1 is 0.706 bits per heavy atom. The molecule has 0 atom stereocenters. The summed E-state index contributed by atoms with van der Waals surface area (Å²) in [6.45, 7) is 1.71. The van der Waals surface area contributed by atoms with Gasteiger partial charge in [0, 0.05) is 24.2 Å². The molecule has 3 aromatic carbocycles. The van der Waals surface area contributed by atoms with Crippen molar-refractivity contribution in [3.8, 4) is 11.3 Å². The summed E-state index contributed by atoms with van der Waals surface area (Å²) >= 11 is 5.95. The van der Waals surface area contributed by atoms with Gasteiger partial charge in [-0.25, -0.2) is 0 Å². The summed E-state index contributed by atoms with van der Waals surface area (Å²) in [5.41, 5.74) is 3.84. The average molecular weight is 465 g/mol. The maximum absolute atomic E-state index is 13.8. The van der Waals surface area contributed by atoms with Gasteiger partial charge in [-0.15, -0.1) is 0 Å². The minimum atomic E-state index is -0.250. The Balaban J connectivity index is 1.81. The molecule has 0 bridgehead atoms. The SMILES string of the molecule is O=C(c1ccccc1)c1c(N2CCCC2)cc(-c2ccccc2)n(C(=O)c2ccccc2)c1=S. The van der Waals surface area contributed by atoms with Crippen LogP contribution < -0.4 is 4.90 Å². The number of hydrogen-bond donors (Lipinski definition) is 0. The van der Waals surface area contributed by atoms with Crippen LogP contribution in [0.15, 0.2) is 97.1 Å². The molecule has 0 saturated carbocycles. The predicted molar refractivity (Wildman–Crippen MR) is 138 cm³/mol. The number of hydrogen-bond acceptors (Lipinski definition) is 4. The highest BCUT2D eigenvalue weighted by Gasteiger charge is 2.27. The number of ketones is 1. The van der Waals surface area contributed by atoms with Gasteiger partial charge in [0.2, 0.25) is 0 Å². The maximum Gasteiger partial charge on any atom is 0.263 e. The summed E-state index contributed by atoms with van der Waals surface area (Å²) in [6, 6.07) is 29.9. The monoisotopic (exact) mass is 464 g/mol. The van der Waals surface area contributed by atoms with Gasteiger partial charge in [-0.05, 0) is 36.6 Å². The Kier molecular flexibility index (Phi) is 6.19. The Morgan fingerprint density at radius 3 is 1.82 bits per heavy atom. The van der Waals surface area contributed by atoms with Crippen LogP contribution in [0.5, 0.6) is 0 Å². The maximum atomic E-state index is 13.8. The van der Waals surface area contributed by atoms with E-state index in [4.69, 9.17) is 12.2 Å². The second-order valence-corrected chi connectivity index (χ2v) is 8.74. The van der Waals surface area contributed by atoms with Gasteiger partial charge >= 0.3 is 0 Å². The summed E-state index contributed by atoms with van der Waals surface area (Å²) in [6.07, 6.45) is 2.12. The molecule has 168 valence electrons. The zero-order valence-electron chi connectivity index (χ0n) is 18.7. The van der Waals surface area contributed by atoms with Gasteiger partial charge in [-0.2, -0.15) is 0 Å². The smallest absolute Gasteiger partial charge is 0.263 e. The standard InChI is InChI=1S/C29H24N2O2S/c32-27(22-14-6-2-7-15-22)26-25(30-18-10-11-19-30)20-24(21-12-4-1-5-13-21)31(29(26)34)28(33)23-16-8-3-9-17-23/h1-9,12-17,20H,10-11,18-19H2. The van der Waals surface area contributed by atoms with Crippen molar-refractivity contribution in [3.05, 3.63) is 118 Å². The zero-order chi connectivity index (χ0) is 23.5. The van der Waals surface area contributed by atoms with Gasteiger partial charge in [0.25, 0.3) is 5.91 Å². The van der Waals surface area contributed by atoms with Crippen molar-refractivity contribution < 1.29 is 9.59 Å². The fourth-order valence-electron chi connectivity index (χ4n) is 4.48. The van der Waals surface area contributed by atoms with Crippen molar-refractivity contribution in [2.24, 2.45) is 0 Å². The van der Waals surface area contributed by atoms with E-state index in [1.807, 2.05) is 72.8 Å². The topological polar surface area (TPSA) is 42.3 Å². The summed E-state index contributed by atoms with van der Waals surface area (Å²) in [5, 5.41) is 0. The van der Waals surface area contributed by atoms with Crippen molar-refractivity contribution in [3.63, 3.8) is 0 Å². The molecule has 0 spiro atoms. The summed E-state index contributed by atoms with van der Waals surface area (Å²) in [4.78, 5) is 29.8. The lowest BCUT2D eigenvalue weighted by atomic mass is 10.00. The Bertz CT molecular complexity index is 1390. The van der Waals surface area contributed by atoms with E-state index >= 15 is 0 Å². The molecule has 1 aliphatic heterocycles. The first-order valence-electron chi connectivity index (χ1n) is 11.4. The van der Waals surface area contributed by atoms with E-state index in [0.717, 1.165) is 37.2 Å². The summed E-state index contributed by atoms with van der Waals surface area (Å²) in [7, 11) is 0. The lowest BCUT2D eigenvalue weighted by Gasteiger charge is -2.25. The van der Waals surface area contributed by atoms with E-state index in [-0.39, 0.29) is 16.3 Å². The molecule has 1 fully saturated rings. The summed E-state index contributed by atoms with van der Waals surface area (Å²) < 4.78 is 1.77. The Labute approximate surface area is 204 Å². The van der Waals surface area contributed by atoms with Crippen LogP contribution in [-0.2, 0) is 0 Å². The fraction of sp³-hybridized carbons (Fsp3) is 0.138. The molecular weight excluding hydrogens is 440 g/mol. The van der Waals surface area contributed by atoms with Gasteiger partial charge in [-0.3, -0.25) is 14.2 Å². The zero-order valence-corrected chi connectivity index (χ0v) is 19.5. The van der Waals surface area contributed by atoms with Crippen LogP contribution in [-0.4, -0.2) is 29.3 Å². The molecule has 2 heterocycles. The van der Waals surface area contributed by atoms with Crippen LogP contribution in [0.1, 0.15) is 39.1 Å². The number of anilines is 1. The molecule has 0 N–H and O–H groups in total. The molecule has 34 heavy (non-hydrogen) atoms. The third-order valence-corrected chi connectivity index (χ3v) is 6.58. The normalized spacial score (nSPS) is 13.1. The average Bonchev–Trinajstić information content (AvgIpc) is 3.44. The van der Waals surface area contributed by atoms with E-state index < -0.39 is 0 Å². The minimum Gasteiger partial charge on any atom is -0.371 e. The molecule has 4 nitrogen and oxygen atoms in total. The highest BCUT2D eigenvalue weighted by molar-refractivity contribution is 7.71. The second kappa shape index (κ2) is 9.57. The first kappa shape index (κ1) is 22.0. The molecular formula is C29H24N2O2S. The highest BCUT2D eigenvalue weighted by Crippen LogP contribution is 2.34. The molecule has 1 aromatic heterocycles. The van der Waals surface area contributed by atoms with E-state index in [2.05, 4.69) is 4.90 Å². The summed E-state index contributed by atoms with van der Waals surface area (Å²) in [5.74, 6) is -0.415. The number of carbonyl (C=O) groups is 2. The van der Waals surface area contributed by atoms with Crippen molar-refractivity contribution in [1.82, 2.24) is 4.57 Å². The third-order valence-electron chi connectivity index (χ3n) is 6.19. The van der Waals surface area contributed by atoms with Gasteiger partial charge in [0.15, 0.2) is 5.78 Å². The first-order valence-corrected chi connectivity index (χ1v) is 11.9. The van der Waals surface area contributed by atoms with Crippen LogP contribution in [0, 0.1) is 4.64 Å². The number of nitrogens with zero attached hydrogens (tertiary/aromatic N) is 2. The van der Waals surface area contributed by atoms with Crippen LogP contribution in [0.3, 0.4) is 0 Å². The first-order chi connectivity index (χ1) is 16.6. The lowest BCUT2D eigenvalue weighted by Crippen LogP contribution is -2.25. The number of aromatic nitrogens is 1. The molecule has 0 unspecified atom stereocenters. The number of carbonyl (C=O) groups excluding carboxylic acids is 2. The Hall–Kier alpha value is -3.83. The molecule has 5 heteroatoms. The van der Waals surface area contributed by atoms with Gasteiger partial charge in [0.05, 0.1) is 16.9 Å². The van der Waals surface area contributed by atoms with E-state index in [0.29, 0.717) is 22.4 Å². The van der Waals surface area contributed by atoms with Gasteiger partial charge in [-0.1, -0.05) is 91.1 Å². The van der Waals surface area contributed by atoms with Gasteiger partial charge < -0.3 is 4.90 Å². The number of rotatable bonds is 5. The molecule has 0 radical (unpaired) electrons. The molecule has 4 aromatic rings. The number of benzene rings is 3. The fourth-order valence-corrected chi connectivity index (χ4v) is 4.86. The number of pyridine rings is 1. The predicted octanol–water partition coefficient (Wildman–Crippen LogP) is 6.40. The van der Waals surface area contributed by atoms with Crippen LogP contribution in [0.2, 0.25) is 0 Å². The Morgan fingerprint density at radius 2 is 1.24 bits per heavy atom. The van der Waals surface area contributed by atoms with Gasteiger partial charge in [0.1, 0.15) is 4.64 Å². The van der Waals surface area contributed by atoms with E-state index in [1.54, 1.807) is 24.3 Å². The van der Waals surface area contributed by atoms with E-state index in [1.165, 1.54) is 4.57 Å². The molecule has 0 amide bonds. The lowest BCUT2D eigenvalue weighted by molar-refractivity contribution is 0.0959.